The molecule has 1 amide bonds. The van der Waals surface area contributed by atoms with Crippen molar-refractivity contribution in [1.29, 1.82) is 0 Å². The summed E-state index contributed by atoms with van der Waals surface area (Å²) < 4.78 is 11.0. The Balaban J connectivity index is 1.58. The number of methoxy groups -OCH3 is 1. The molecule has 0 bridgehead atoms. The molecule has 0 aliphatic rings. The Morgan fingerprint density at radius 1 is 1.00 bits per heavy atom. The lowest BCUT2D eigenvalue weighted by Gasteiger charge is -2.13. The summed E-state index contributed by atoms with van der Waals surface area (Å²) in [5.41, 5.74) is 2.40. The second kappa shape index (κ2) is 10.1. The molecule has 30 heavy (non-hydrogen) atoms. The number of amides is 1. The molecule has 3 aromatic rings. The average Bonchev–Trinajstić information content (AvgIpc) is 2.74. The van der Waals surface area contributed by atoms with Gasteiger partial charge in [-0.2, -0.15) is 4.98 Å². The van der Waals surface area contributed by atoms with Gasteiger partial charge in [-0.15, -0.1) is 0 Å². The number of hydrogen-bond donors (Lipinski definition) is 3. The Labute approximate surface area is 174 Å². The van der Waals surface area contributed by atoms with Crippen molar-refractivity contribution in [3.63, 3.8) is 0 Å². The first kappa shape index (κ1) is 20.8. The molecule has 1 heterocycles. The van der Waals surface area contributed by atoms with E-state index in [9.17, 15) is 4.79 Å². The van der Waals surface area contributed by atoms with Crippen molar-refractivity contribution in [2.24, 2.45) is 0 Å². The number of anilines is 4. The number of benzene rings is 2. The maximum atomic E-state index is 11.3. The highest BCUT2D eigenvalue weighted by Crippen LogP contribution is 2.26. The fourth-order valence-corrected chi connectivity index (χ4v) is 2.72. The Morgan fingerprint density at radius 2 is 1.73 bits per heavy atom. The molecule has 3 N–H and O–H groups in total. The van der Waals surface area contributed by atoms with Gasteiger partial charge in [-0.25, -0.2) is 9.97 Å². The van der Waals surface area contributed by atoms with Crippen LogP contribution in [0.15, 0.2) is 48.8 Å². The highest BCUT2D eigenvalue weighted by atomic mass is 16.5. The van der Waals surface area contributed by atoms with Crippen molar-refractivity contribution in [1.82, 2.24) is 15.0 Å². The number of hydrogen-bond acceptors (Lipinski definition) is 8. The van der Waals surface area contributed by atoms with E-state index in [1.807, 2.05) is 49.4 Å². The predicted octanol–water partition coefficient (Wildman–Crippen LogP) is 3.38. The zero-order valence-corrected chi connectivity index (χ0v) is 17.1. The van der Waals surface area contributed by atoms with Crippen LogP contribution in [0.2, 0.25) is 0 Å². The molecule has 2 aromatic carbocycles. The SMILES string of the molecule is COc1ccccc1OCCNc1ncnc(Nc2cccc(NC(C)=O)c2C)n1. The van der Waals surface area contributed by atoms with Gasteiger partial charge in [0.05, 0.1) is 13.7 Å². The Kier molecular flexibility index (Phi) is 6.99. The standard InChI is InChI=1S/C21H24N6O3/c1-14-16(25-15(2)28)7-6-8-17(14)26-21-24-13-23-20(27-21)22-11-12-30-19-10-5-4-9-18(19)29-3/h4-10,13H,11-12H2,1-3H3,(H,25,28)(H2,22,23,24,26,27). The molecule has 3 rings (SSSR count). The Hall–Kier alpha value is -3.88. The third-order valence-electron chi connectivity index (χ3n) is 4.17. The minimum atomic E-state index is -0.128. The van der Waals surface area contributed by atoms with E-state index >= 15 is 0 Å². The number of para-hydroxylation sites is 2. The third kappa shape index (κ3) is 5.57. The lowest BCUT2D eigenvalue weighted by atomic mass is 10.1. The lowest BCUT2D eigenvalue weighted by Crippen LogP contribution is -2.14. The van der Waals surface area contributed by atoms with Crippen LogP contribution in [0.4, 0.5) is 23.3 Å². The first-order valence-electron chi connectivity index (χ1n) is 9.40. The summed E-state index contributed by atoms with van der Waals surface area (Å²) in [6, 6.07) is 13.0. The topological polar surface area (TPSA) is 110 Å². The minimum Gasteiger partial charge on any atom is -0.493 e. The maximum absolute atomic E-state index is 11.3. The summed E-state index contributed by atoms with van der Waals surface area (Å²) in [6.45, 7) is 4.29. The van der Waals surface area contributed by atoms with Crippen molar-refractivity contribution in [2.45, 2.75) is 13.8 Å². The van der Waals surface area contributed by atoms with Crippen molar-refractivity contribution >= 4 is 29.2 Å². The number of nitrogens with one attached hydrogen (secondary N) is 3. The number of ether oxygens (including phenoxy) is 2. The fourth-order valence-electron chi connectivity index (χ4n) is 2.72. The molecule has 1 aromatic heterocycles. The predicted molar refractivity (Wildman–Crippen MR) is 116 cm³/mol. The molecular weight excluding hydrogens is 384 g/mol. The number of nitrogens with zero attached hydrogens (tertiary/aromatic N) is 3. The average molecular weight is 408 g/mol. The molecule has 9 nitrogen and oxygen atoms in total. The smallest absolute Gasteiger partial charge is 0.232 e. The summed E-state index contributed by atoms with van der Waals surface area (Å²) in [5, 5.41) is 9.06. The fraction of sp³-hybridized carbons (Fsp3) is 0.238. The van der Waals surface area contributed by atoms with Gasteiger partial charge in [-0.1, -0.05) is 18.2 Å². The van der Waals surface area contributed by atoms with E-state index in [1.54, 1.807) is 7.11 Å². The van der Waals surface area contributed by atoms with Gasteiger partial charge in [-0.3, -0.25) is 4.79 Å². The van der Waals surface area contributed by atoms with Crippen LogP contribution in [0.5, 0.6) is 11.5 Å². The van der Waals surface area contributed by atoms with E-state index in [4.69, 9.17) is 9.47 Å². The molecule has 0 radical (unpaired) electrons. The number of rotatable bonds is 9. The highest BCUT2D eigenvalue weighted by molar-refractivity contribution is 5.90. The summed E-state index contributed by atoms with van der Waals surface area (Å²) in [6.07, 6.45) is 1.42. The minimum absolute atomic E-state index is 0.128. The first-order chi connectivity index (χ1) is 14.6. The summed E-state index contributed by atoms with van der Waals surface area (Å²) >= 11 is 0. The molecule has 0 aliphatic carbocycles. The van der Waals surface area contributed by atoms with Gasteiger partial charge < -0.3 is 25.4 Å². The second-order valence-corrected chi connectivity index (χ2v) is 6.34. The summed E-state index contributed by atoms with van der Waals surface area (Å²) in [5.74, 6) is 2.04. The van der Waals surface area contributed by atoms with Gasteiger partial charge in [0.25, 0.3) is 0 Å². The lowest BCUT2D eigenvalue weighted by molar-refractivity contribution is -0.114. The molecule has 0 unspecified atom stereocenters. The monoisotopic (exact) mass is 408 g/mol. The zero-order valence-electron chi connectivity index (χ0n) is 17.1. The summed E-state index contributed by atoms with van der Waals surface area (Å²) in [4.78, 5) is 24.0. The van der Waals surface area contributed by atoms with Gasteiger partial charge in [0.15, 0.2) is 11.5 Å². The van der Waals surface area contributed by atoms with E-state index in [-0.39, 0.29) is 5.91 Å². The molecule has 0 saturated heterocycles. The van der Waals surface area contributed by atoms with Crippen molar-refractivity contribution < 1.29 is 14.3 Å². The van der Waals surface area contributed by atoms with Gasteiger partial charge in [-0.05, 0) is 36.8 Å². The molecule has 156 valence electrons. The van der Waals surface area contributed by atoms with E-state index in [2.05, 4.69) is 30.9 Å². The molecule has 0 spiro atoms. The Bertz CT molecular complexity index is 1010. The third-order valence-corrected chi connectivity index (χ3v) is 4.17. The highest BCUT2D eigenvalue weighted by Gasteiger charge is 2.08. The normalized spacial score (nSPS) is 10.2. The number of aromatic nitrogens is 3. The molecular formula is C21H24N6O3. The van der Waals surface area contributed by atoms with Gasteiger partial charge >= 0.3 is 0 Å². The van der Waals surface area contributed by atoms with Crippen molar-refractivity contribution in [2.75, 3.05) is 36.2 Å². The van der Waals surface area contributed by atoms with Crippen molar-refractivity contribution in [3.8, 4) is 11.5 Å². The molecule has 0 aliphatic heterocycles. The van der Waals surface area contributed by atoms with E-state index in [1.165, 1.54) is 13.3 Å². The molecule has 9 heteroatoms. The van der Waals surface area contributed by atoms with Crippen LogP contribution >= 0.6 is 0 Å². The number of carbonyl (C=O) groups is 1. The van der Waals surface area contributed by atoms with E-state index in [0.29, 0.717) is 36.5 Å². The molecule has 0 fully saturated rings. The van der Waals surface area contributed by atoms with E-state index < -0.39 is 0 Å². The van der Waals surface area contributed by atoms with E-state index in [0.717, 1.165) is 16.9 Å². The van der Waals surface area contributed by atoms with Crippen LogP contribution < -0.4 is 25.4 Å². The van der Waals surface area contributed by atoms with Crippen LogP contribution in [0.1, 0.15) is 12.5 Å². The first-order valence-corrected chi connectivity index (χ1v) is 9.40. The second-order valence-electron chi connectivity index (χ2n) is 6.34. The van der Waals surface area contributed by atoms with Crippen LogP contribution in [0.3, 0.4) is 0 Å². The van der Waals surface area contributed by atoms with Gasteiger partial charge in [0.2, 0.25) is 17.8 Å². The van der Waals surface area contributed by atoms with Crippen LogP contribution in [-0.2, 0) is 4.79 Å². The molecule has 0 saturated carbocycles. The van der Waals surface area contributed by atoms with Crippen molar-refractivity contribution in [3.05, 3.63) is 54.4 Å². The van der Waals surface area contributed by atoms with Crippen LogP contribution in [0.25, 0.3) is 0 Å². The Morgan fingerprint density at radius 3 is 2.50 bits per heavy atom. The quantitative estimate of drug-likeness (QED) is 0.462. The maximum Gasteiger partial charge on any atom is 0.232 e. The summed E-state index contributed by atoms with van der Waals surface area (Å²) in [7, 11) is 1.60. The largest absolute Gasteiger partial charge is 0.493 e. The van der Waals surface area contributed by atoms with Crippen LogP contribution in [-0.4, -0.2) is 41.1 Å². The van der Waals surface area contributed by atoms with Crippen LogP contribution in [0, 0.1) is 6.92 Å². The number of carbonyl (C=O) groups excluding carboxylic acids is 1. The molecule has 0 atom stereocenters. The van der Waals surface area contributed by atoms with Gasteiger partial charge in [0.1, 0.15) is 12.9 Å². The zero-order chi connectivity index (χ0) is 21.3. The van der Waals surface area contributed by atoms with Gasteiger partial charge in [0, 0.05) is 18.3 Å².